The van der Waals surface area contributed by atoms with Crippen LogP contribution in [-0.2, 0) is 0 Å². The van der Waals surface area contributed by atoms with E-state index in [1.807, 2.05) is 0 Å². The summed E-state index contributed by atoms with van der Waals surface area (Å²) in [5.74, 6) is 0.863. The molecular formula is C11H22N2O. The second-order valence-corrected chi connectivity index (χ2v) is 4.75. The molecule has 2 saturated heterocycles. The first kappa shape index (κ1) is 10.4. The molecule has 0 aliphatic carbocycles. The van der Waals surface area contributed by atoms with E-state index >= 15 is 0 Å². The van der Waals surface area contributed by atoms with E-state index in [1.54, 1.807) is 0 Å². The van der Waals surface area contributed by atoms with E-state index in [4.69, 9.17) is 0 Å². The van der Waals surface area contributed by atoms with Gasteiger partial charge in [0.05, 0.1) is 6.10 Å². The number of likely N-dealkylation sites (tertiary alicyclic amines) is 1. The van der Waals surface area contributed by atoms with Gasteiger partial charge in [-0.2, -0.15) is 0 Å². The van der Waals surface area contributed by atoms with Crippen LogP contribution in [0.2, 0.25) is 0 Å². The Hall–Kier alpha value is -0.120. The van der Waals surface area contributed by atoms with Crippen molar-refractivity contribution in [1.82, 2.24) is 10.2 Å². The average molecular weight is 198 g/mol. The molecule has 2 aliphatic heterocycles. The topological polar surface area (TPSA) is 35.5 Å². The highest BCUT2D eigenvalue weighted by Crippen LogP contribution is 2.17. The first-order valence-electron chi connectivity index (χ1n) is 5.96. The van der Waals surface area contributed by atoms with Gasteiger partial charge in [0.1, 0.15) is 0 Å². The molecule has 2 heterocycles. The van der Waals surface area contributed by atoms with Gasteiger partial charge in [-0.15, -0.1) is 0 Å². The van der Waals surface area contributed by atoms with Gasteiger partial charge >= 0.3 is 0 Å². The summed E-state index contributed by atoms with van der Waals surface area (Å²) in [4.78, 5) is 2.45. The summed E-state index contributed by atoms with van der Waals surface area (Å²) in [7, 11) is 0. The molecule has 0 aromatic rings. The van der Waals surface area contributed by atoms with Crippen LogP contribution >= 0.6 is 0 Å². The monoisotopic (exact) mass is 198 g/mol. The Morgan fingerprint density at radius 1 is 1.21 bits per heavy atom. The Morgan fingerprint density at radius 3 is 2.71 bits per heavy atom. The van der Waals surface area contributed by atoms with Crippen LogP contribution in [0, 0.1) is 5.92 Å². The molecule has 3 nitrogen and oxygen atoms in total. The summed E-state index contributed by atoms with van der Waals surface area (Å²) in [6, 6.07) is 0. The number of rotatable bonds is 2. The molecule has 14 heavy (non-hydrogen) atoms. The highest BCUT2D eigenvalue weighted by atomic mass is 16.3. The van der Waals surface area contributed by atoms with Crippen LogP contribution < -0.4 is 5.32 Å². The minimum atomic E-state index is -0.0644. The summed E-state index contributed by atoms with van der Waals surface area (Å²) >= 11 is 0. The van der Waals surface area contributed by atoms with Gasteiger partial charge in [-0.05, 0) is 51.2 Å². The van der Waals surface area contributed by atoms with Gasteiger partial charge in [-0.3, -0.25) is 0 Å². The zero-order valence-electron chi connectivity index (χ0n) is 8.91. The Kier molecular flexibility index (Phi) is 3.79. The molecular weight excluding hydrogens is 176 g/mol. The first-order chi connectivity index (χ1) is 6.84. The van der Waals surface area contributed by atoms with Crippen molar-refractivity contribution in [2.45, 2.75) is 31.8 Å². The Labute approximate surface area is 86.5 Å². The second kappa shape index (κ2) is 5.10. The fraction of sp³-hybridized carbons (Fsp3) is 1.00. The van der Waals surface area contributed by atoms with Crippen LogP contribution in [0.3, 0.4) is 0 Å². The minimum Gasteiger partial charge on any atom is -0.392 e. The quantitative estimate of drug-likeness (QED) is 0.676. The standard InChI is InChI=1S/C11H22N2O/c14-11-2-1-7-13(9-11)8-10-3-5-12-6-4-10/h10-12,14H,1-9H2. The molecule has 1 unspecified atom stereocenters. The predicted octanol–water partition coefficient (Wildman–Crippen LogP) is 0.443. The van der Waals surface area contributed by atoms with Gasteiger partial charge in [0.2, 0.25) is 0 Å². The molecule has 82 valence electrons. The lowest BCUT2D eigenvalue weighted by atomic mass is 9.96. The summed E-state index contributed by atoms with van der Waals surface area (Å²) in [6.07, 6.45) is 4.74. The van der Waals surface area contributed by atoms with Crippen molar-refractivity contribution in [3.05, 3.63) is 0 Å². The molecule has 2 rings (SSSR count). The fourth-order valence-electron chi connectivity index (χ4n) is 2.63. The van der Waals surface area contributed by atoms with E-state index in [0.29, 0.717) is 0 Å². The van der Waals surface area contributed by atoms with Crippen LogP contribution in [-0.4, -0.2) is 48.8 Å². The van der Waals surface area contributed by atoms with Gasteiger partial charge in [-0.25, -0.2) is 0 Å². The van der Waals surface area contributed by atoms with Crippen LogP contribution in [0.4, 0.5) is 0 Å². The van der Waals surface area contributed by atoms with Gasteiger partial charge in [0, 0.05) is 13.1 Å². The van der Waals surface area contributed by atoms with Crippen molar-refractivity contribution >= 4 is 0 Å². The van der Waals surface area contributed by atoms with E-state index in [-0.39, 0.29) is 6.10 Å². The lowest BCUT2D eigenvalue weighted by molar-refractivity contribution is 0.0590. The molecule has 2 fully saturated rings. The molecule has 0 spiro atoms. The Morgan fingerprint density at radius 2 is 2.00 bits per heavy atom. The average Bonchev–Trinajstić information content (AvgIpc) is 2.19. The van der Waals surface area contributed by atoms with Crippen LogP contribution in [0.15, 0.2) is 0 Å². The van der Waals surface area contributed by atoms with Gasteiger partial charge in [0.25, 0.3) is 0 Å². The summed E-state index contributed by atoms with van der Waals surface area (Å²) in [5.41, 5.74) is 0. The number of aliphatic hydroxyl groups excluding tert-OH is 1. The lowest BCUT2D eigenvalue weighted by Gasteiger charge is -2.34. The molecule has 0 aromatic heterocycles. The molecule has 0 bridgehead atoms. The van der Waals surface area contributed by atoms with E-state index in [1.165, 1.54) is 45.4 Å². The van der Waals surface area contributed by atoms with Crippen molar-refractivity contribution in [1.29, 1.82) is 0 Å². The van der Waals surface area contributed by atoms with Crippen molar-refractivity contribution in [3.8, 4) is 0 Å². The molecule has 1 atom stereocenters. The van der Waals surface area contributed by atoms with Gasteiger partial charge < -0.3 is 15.3 Å². The third kappa shape index (κ3) is 2.94. The van der Waals surface area contributed by atoms with Crippen molar-refractivity contribution in [2.75, 3.05) is 32.7 Å². The van der Waals surface area contributed by atoms with Gasteiger partial charge in [-0.1, -0.05) is 0 Å². The number of nitrogens with zero attached hydrogens (tertiary/aromatic N) is 1. The molecule has 3 heteroatoms. The number of piperidine rings is 2. The molecule has 2 aliphatic rings. The number of nitrogens with one attached hydrogen (secondary N) is 1. The summed E-state index contributed by atoms with van der Waals surface area (Å²) in [6.45, 7) is 5.67. The maximum atomic E-state index is 9.56. The van der Waals surface area contributed by atoms with E-state index < -0.39 is 0 Å². The number of hydrogen-bond donors (Lipinski definition) is 2. The normalized spacial score (nSPS) is 31.9. The van der Waals surface area contributed by atoms with Crippen molar-refractivity contribution in [2.24, 2.45) is 5.92 Å². The maximum Gasteiger partial charge on any atom is 0.0667 e. The fourth-order valence-corrected chi connectivity index (χ4v) is 2.63. The van der Waals surface area contributed by atoms with Crippen LogP contribution in [0.25, 0.3) is 0 Å². The zero-order chi connectivity index (χ0) is 9.80. The molecule has 0 saturated carbocycles. The molecule has 0 radical (unpaired) electrons. The molecule has 0 aromatic carbocycles. The Balaban J connectivity index is 1.72. The smallest absolute Gasteiger partial charge is 0.0667 e. The number of β-amino-alcohol motifs (C(OH)–C–C–N with tert-alkyl or cyclic N) is 1. The highest BCUT2D eigenvalue weighted by Gasteiger charge is 2.21. The summed E-state index contributed by atoms with van der Waals surface area (Å²) in [5, 5.41) is 12.9. The van der Waals surface area contributed by atoms with Crippen molar-refractivity contribution in [3.63, 3.8) is 0 Å². The number of hydrogen-bond acceptors (Lipinski definition) is 3. The van der Waals surface area contributed by atoms with E-state index in [9.17, 15) is 5.11 Å². The Bertz CT molecular complexity index is 169. The summed E-state index contributed by atoms with van der Waals surface area (Å²) < 4.78 is 0. The van der Waals surface area contributed by atoms with Crippen molar-refractivity contribution < 1.29 is 5.11 Å². The molecule has 2 N–H and O–H groups in total. The van der Waals surface area contributed by atoms with Crippen LogP contribution in [0.5, 0.6) is 0 Å². The first-order valence-corrected chi connectivity index (χ1v) is 5.96. The SMILES string of the molecule is OC1CCCN(CC2CCNCC2)C1. The van der Waals surface area contributed by atoms with Crippen LogP contribution in [0.1, 0.15) is 25.7 Å². The predicted molar refractivity (Wildman–Crippen MR) is 57.3 cm³/mol. The molecule has 0 amide bonds. The third-order valence-electron chi connectivity index (χ3n) is 3.46. The minimum absolute atomic E-state index is 0.0644. The second-order valence-electron chi connectivity index (χ2n) is 4.75. The third-order valence-corrected chi connectivity index (χ3v) is 3.46. The van der Waals surface area contributed by atoms with Gasteiger partial charge in [0.15, 0.2) is 0 Å². The maximum absolute atomic E-state index is 9.56. The lowest BCUT2D eigenvalue weighted by Crippen LogP contribution is -2.42. The zero-order valence-corrected chi connectivity index (χ0v) is 8.91. The van der Waals surface area contributed by atoms with E-state index in [2.05, 4.69) is 10.2 Å². The number of aliphatic hydroxyl groups is 1. The highest BCUT2D eigenvalue weighted by molar-refractivity contribution is 4.77. The van der Waals surface area contributed by atoms with E-state index in [0.717, 1.165) is 18.9 Å². The largest absolute Gasteiger partial charge is 0.392 e.